The fourth-order valence-corrected chi connectivity index (χ4v) is 4.87. The highest BCUT2D eigenvalue weighted by atomic mass is 35.5. The van der Waals surface area contributed by atoms with Crippen molar-refractivity contribution in [1.29, 1.82) is 0 Å². The first-order valence-corrected chi connectivity index (χ1v) is 11.1. The van der Waals surface area contributed by atoms with Gasteiger partial charge in [-0.25, -0.2) is 15.0 Å². The lowest BCUT2D eigenvalue weighted by atomic mass is 9.87. The van der Waals surface area contributed by atoms with Crippen LogP contribution in [0, 0.1) is 0 Å². The molecule has 2 aliphatic heterocycles. The molecule has 2 aliphatic rings. The molecule has 0 bridgehead atoms. The summed E-state index contributed by atoms with van der Waals surface area (Å²) in [5.41, 5.74) is 5.01. The van der Waals surface area contributed by atoms with Crippen molar-refractivity contribution in [2.75, 3.05) is 28.2 Å². The van der Waals surface area contributed by atoms with Crippen molar-refractivity contribution in [2.45, 2.75) is 39.2 Å². The summed E-state index contributed by atoms with van der Waals surface area (Å²) in [6, 6.07) is 9.88. The van der Waals surface area contributed by atoms with Gasteiger partial charge < -0.3 is 15.1 Å². The number of hydrogen-bond donors (Lipinski definition) is 1. The summed E-state index contributed by atoms with van der Waals surface area (Å²) in [6.07, 6.45) is 4.14. The van der Waals surface area contributed by atoms with Gasteiger partial charge in [-0.15, -0.1) is 0 Å². The van der Waals surface area contributed by atoms with E-state index in [0.29, 0.717) is 18.1 Å². The van der Waals surface area contributed by atoms with E-state index in [4.69, 9.17) is 11.6 Å². The van der Waals surface area contributed by atoms with E-state index in [2.05, 4.69) is 51.1 Å². The normalized spacial score (nSPS) is 16.5. The number of nitrogens with zero attached hydrogens (tertiary/aromatic N) is 5. The van der Waals surface area contributed by atoms with Gasteiger partial charge in [0.1, 0.15) is 18.0 Å². The SMILES string of the molecule is CC(=O)N1CC(C)(C)c2ccc(Nc3ncnc4c3CN(c3ncccc3Cl)CC4)cc21. The molecule has 0 unspecified atom stereocenters. The molecule has 0 spiro atoms. The molecule has 0 fully saturated rings. The van der Waals surface area contributed by atoms with Crippen molar-refractivity contribution >= 4 is 40.5 Å². The third-order valence-corrected chi connectivity index (χ3v) is 6.55. The molecule has 4 heterocycles. The maximum Gasteiger partial charge on any atom is 0.223 e. The summed E-state index contributed by atoms with van der Waals surface area (Å²) in [7, 11) is 0. The molecule has 7 nitrogen and oxygen atoms in total. The number of halogens is 1. The average molecular weight is 449 g/mol. The molecular weight excluding hydrogens is 424 g/mol. The second kappa shape index (κ2) is 7.74. The number of fused-ring (bicyclic) bond motifs is 2. The Balaban J connectivity index is 1.47. The highest BCUT2D eigenvalue weighted by Crippen LogP contribution is 2.42. The van der Waals surface area contributed by atoms with Crippen LogP contribution >= 0.6 is 11.6 Å². The van der Waals surface area contributed by atoms with Gasteiger partial charge in [-0.2, -0.15) is 0 Å². The molecule has 3 aromatic rings. The largest absolute Gasteiger partial charge is 0.350 e. The molecule has 0 saturated heterocycles. The maximum atomic E-state index is 12.2. The van der Waals surface area contributed by atoms with Crippen molar-refractivity contribution < 1.29 is 4.79 Å². The van der Waals surface area contributed by atoms with Crippen LogP contribution in [0.4, 0.5) is 23.0 Å². The van der Waals surface area contributed by atoms with E-state index in [1.165, 1.54) is 5.56 Å². The monoisotopic (exact) mass is 448 g/mol. The Morgan fingerprint density at radius 1 is 1.19 bits per heavy atom. The zero-order chi connectivity index (χ0) is 22.5. The maximum absolute atomic E-state index is 12.2. The van der Waals surface area contributed by atoms with Gasteiger partial charge in [0.15, 0.2) is 0 Å². The van der Waals surface area contributed by atoms with Crippen LogP contribution in [0.15, 0.2) is 42.9 Å². The Morgan fingerprint density at radius 2 is 2.03 bits per heavy atom. The van der Waals surface area contributed by atoms with Gasteiger partial charge in [-0.05, 0) is 29.8 Å². The predicted molar refractivity (Wildman–Crippen MR) is 127 cm³/mol. The molecule has 164 valence electrons. The number of amides is 1. The molecule has 32 heavy (non-hydrogen) atoms. The van der Waals surface area contributed by atoms with Gasteiger partial charge in [0.25, 0.3) is 0 Å². The lowest BCUT2D eigenvalue weighted by Crippen LogP contribution is -2.32. The fraction of sp³-hybridized carbons (Fsp3) is 0.333. The molecule has 2 aromatic heterocycles. The Labute approximate surface area is 192 Å². The van der Waals surface area contributed by atoms with E-state index < -0.39 is 0 Å². The summed E-state index contributed by atoms with van der Waals surface area (Å²) in [5.74, 6) is 1.58. The number of rotatable bonds is 3. The topological polar surface area (TPSA) is 74.2 Å². The first kappa shape index (κ1) is 20.7. The summed E-state index contributed by atoms with van der Waals surface area (Å²) < 4.78 is 0. The van der Waals surface area contributed by atoms with Crippen molar-refractivity contribution in [1.82, 2.24) is 15.0 Å². The molecule has 1 N–H and O–H groups in total. The second-order valence-corrected chi connectivity index (χ2v) is 9.38. The summed E-state index contributed by atoms with van der Waals surface area (Å²) in [5, 5.41) is 4.10. The number of anilines is 4. The molecule has 0 saturated carbocycles. The molecule has 0 aliphatic carbocycles. The zero-order valence-corrected chi connectivity index (χ0v) is 19.1. The number of carbonyl (C=O) groups excluding carboxylic acids is 1. The van der Waals surface area contributed by atoms with Crippen LogP contribution in [0.5, 0.6) is 0 Å². The standard InChI is InChI=1S/C24H25ClN6O/c1-15(32)31-13-24(2,3)18-7-6-16(11-21(18)31)29-22-17-12-30(10-8-20(17)27-14-28-22)23-19(25)5-4-9-26-23/h4-7,9,11,14H,8,10,12-13H2,1-3H3,(H,27,28,29). The van der Waals surface area contributed by atoms with Crippen molar-refractivity contribution in [3.63, 3.8) is 0 Å². The van der Waals surface area contributed by atoms with Crippen LogP contribution in [0.1, 0.15) is 37.6 Å². The molecule has 0 radical (unpaired) electrons. The second-order valence-electron chi connectivity index (χ2n) is 8.97. The molecule has 1 aromatic carbocycles. The van der Waals surface area contributed by atoms with E-state index in [-0.39, 0.29) is 11.3 Å². The zero-order valence-electron chi connectivity index (χ0n) is 18.4. The highest BCUT2D eigenvalue weighted by Gasteiger charge is 2.37. The average Bonchev–Trinajstić information content (AvgIpc) is 3.05. The van der Waals surface area contributed by atoms with E-state index in [0.717, 1.165) is 47.2 Å². The van der Waals surface area contributed by atoms with Gasteiger partial charge >= 0.3 is 0 Å². The number of pyridine rings is 1. The van der Waals surface area contributed by atoms with Crippen LogP contribution < -0.4 is 15.1 Å². The minimum Gasteiger partial charge on any atom is -0.350 e. The molecule has 0 atom stereocenters. The number of aromatic nitrogens is 3. The molecule has 5 rings (SSSR count). The summed E-state index contributed by atoms with van der Waals surface area (Å²) >= 11 is 6.39. The molecule has 1 amide bonds. The summed E-state index contributed by atoms with van der Waals surface area (Å²) in [6.45, 7) is 8.04. The number of nitrogens with one attached hydrogen (secondary N) is 1. The van der Waals surface area contributed by atoms with Crippen LogP contribution in [-0.4, -0.2) is 33.9 Å². The van der Waals surface area contributed by atoms with Gasteiger partial charge in [-0.1, -0.05) is 31.5 Å². The van der Waals surface area contributed by atoms with E-state index in [1.54, 1.807) is 19.4 Å². The predicted octanol–water partition coefficient (Wildman–Crippen LogP) is 4.48. The molecular formula is C24H25ClN6O. The lowest BCUT2D eigenvalue weighted by molar-refractivity contribution is -0.116. The Bertz CT molecular complexity index is 1210. The smallest absolute Gasteiger partial charge is 0.223 e. The minimum atomic E-state index is -0.0733. The third kappa shape index (κ3) is 3.56. The van der Waals surface area contributed by atoms with Crippen LogP contribution in [-0.2, 0) is 23.2 Å². The van der Waals surface area contributed by atoms with E-state index in [1.807, 2.05) is 23.1 Å². The van der Waals surface area contributed by atoms with Gasteiger partial charge in [-0.3, -0.25) is 4.79 Å². The minimum absolute atomic E-state index is 0.0521. The van der Waals surface area contributed by atoms with Gasteiger partial charge in [0.2, 0.25) is 5.91 Å². The third-order valence-electron chi connectivity index (χ3n) is 6.25. The lowest BCUT2D eigenvalue weighted by Gasteiger charge is -2.30. The van der Waals surface area contributed by atoms with Gasteiger partial charge in [0, 0.05) is 61.5 Å². The highest BCUT2D eigenvalue weighted by molar-refractivity contribution is 6.32. The Kier molecular flexibility index (Phi) is 5.01. The van der Waals surface area contributed by atoms with Crippen LogP contribution in [0.3, 0.4) is 0 Å². The van der Waals surface area contributed by atoms with E-state index >= 15 is 0 Å². The Hall–Kier alpha value is -3.19. The fourth-order valence-electron chi connectivity index (χ4n) is 4.63. The van der Waals surface area contributed by atoms with Gasteiger partial charge in [0.05, 0.1) is 10.7 Å². The number of carbonyl (C=O) groups is 1. The van der Waals surface area contributed by atoms with Crippen molar-refractivity contribution in [3.05, 3.63) is 64.7 Å². The van der Waals surface area contributed by atoms with Crippen LogP contribution in [0.2, 0.25) is 5.02 Å². The quantitative estimate of drug-likeness (QED) is 0.637. The van der Waals surface area contributed by atoms with Crippen molar-refractivity contribution in [3.8, 4) is 0 Å². The first-order valence-electron chi connectivity index (χ1n) is 10.7. The Morgan fingerprint density at radius 3 is 2.81 bits per heavy atom. The van der Waals surface area contributed by atoms with Crippen LogP contribution in [0.25, 0.3) is 0 Å². The first-order chi connectivity index (χ1) is 15.3. The summed E-state index contributed by atoms with van der Waals surface area (Å²) in [4.78, 5) is 29.7. The number of hydrogen-bond acceptors (Lipinski definition) is 6. The molecule has 8 heteroatoms. The van der Waals surface area contributed by atoms with Crippen molar-refractivity contribution in [2.24, 2.45) is 0 Å². The number of benzene rings is 1. The van der Waals surface area contributed by atoms with E-state index in [9.17, 15) is 4.79 Å².